The van der Waals surface area contributed by atoms with Gasteiger partial charge in [0.25, 0.3) is 5.91 Å². The van der Waals surface area contributed by atoms with Crippen molar-refractivity contribution in [1.82, 2.24) is 5.32 Å². The van der Waals surface area contributed by atoms with E-state index in [2.05, 4.69) is 5.32 Å². The Labute approximate surface area is 119 Å². The highest BCUT2D eigenvalue weighted by Gasteiger charge is 2.12. The van der Waals surface area contributed by atoms with E-state index in [1.807, 2.05) is 62.4 Å². The summed E-state index contributed by atoms with van der Waals surface area (Å²) in [6, 6.07) is 15.1. The maximum Gasteiger partial charge on any atom is 0.251 e. The van der Waals surface area contributed by atoms with E-state index in [9.17, 15) is 9.90 Å². The number of carbonyl (C=O) groups excluding carboxylic acids is 1. The van der Waals surface area contributed by atoms with Crippen molar-refractivity contribution in [1.29, 1.82) is 0 Å². The van der Waals surface area contributed by atoms with Gasteiger partial charge in [-0.1, -0.05) is 48.0 Å². The van der Waals surface area contributed by atoms with Crippen molar-refractivity contribution in [3.05, 3.63) is 70.8 Å². The molecule has 2 N–H and O–H groups in total. The van der Waals surface area contributed by atoms with Gasteiger partial charge in [0.05, 0.1) is 6.10 Å². The minimum absolute atomic E-state index is 0.152. The van der Waals surface area contributed by atoms with Crippen LogP contribution in [-0.4, -0.2) is 17.6 Å². The van der Waals surface area contributed by atoms with Crippen molar-refractivity contribution in [2.75, 3.05) is 6.54 Å². The molecule has 0 aliphatic rings. The summed E-state index contributed by atoms with van der Waals surface area (Å²) in [4.78, 5) is 12.1. The van der Waals surface area contributed by atoms with Gasteiger partial charge in [-0.05, 0) is 31.0 Å². The molecule has 0 aliphatic heterocycles. The molecule has 0 unspecified atom stereocenters. The van der Waals surface area contributed by atoms with Crippen LogP contribution in [0, 0.1) is 13.8 Å². The third-order valence-electron chi connectivity index (χ3n) is 3.28. The molecule has 0 bridgehead atoms. The number of aliphatic hydroxyl groups is 1. The Kier molecular flexibility index (Phi) is 4.53. The molecule has 0 spiro atoms. The van der Waals surface area contributed by atoms with Gasteiger partial charge in [-0.25, -0.2) is 0 Å². The van der Waals surface area contributed by atoms with E-state index in [1.165, 1.54) is 0 Å². The van der Waals surface area contributed by atoms with Gasteiger partial charge in [-0.2, -0.15) is 0 Å². The molecule has 0 radical (unpaired) electrons. The van der Waals surface area contributed by atoms with Crippen LogP contribution < -0.4 is 5.32 Å². The zero-order valence-corrected chi connectivity index (χ0v) is 11.8. The molecule has 0 saturated carbocycles. The van der Waals surface area contributed by atoms with Crippen molar-refractivity contribution in [3.63, 3.8) is 0 Å². The largest absolute Gasteiger partial charge is 0.387 e. The number of nitrogens with one attached hydrogen (secondary N) is 1. The Bertz CT molecular complexity index is 593. The number of rotatable bonds is 4. The van der Waals surface area contributed by atoms with Crippen LogP contribution in [-0.2, 0) is 0 Å². The molecule has 0 aliphatic carbocycles. The zero-order valence-electron chi connectivity index (χ0n) is 11.8. The van der Waals surface area contributed by atoms with E-state index in [1.54, 1.807) is 0 Å². The molecule has 2 aromatic rings. The summed E-state index contributed by atoms with van der Waals surface area (Å²) >= 11 is 0. The summed E-state index contributed by atoms with van der Waals surface area (Å²) in [6.45, 7) is 4.06. The molecule has 0 saturated heterocycles. The van der Waals surface area contributed by atoms with Crippen molar-refractivity contribution in [3.8, 4) is 0 Å². The maximum atomic E-state index is 12.1. The number of carbonyl (C=O) groups is 1. The van der Waals surface area contributed by atoms with Crippen molar-refractivity contribution >= 4 is 5.91 Å². The van der Waals surface area contributed by atoms with E-state index in [4.69, 9.17) is 0 Å². The van der Waals surface area contributed by atoms with Crippen LogP contribution in [0.5, 0.6) is 0 Å². The van der Waals surface area contributed by atoms with Crippen LogP contribution in [0.25, 0.3) is 0 Å². The monoisotopic (exact) mass is 269 g/mol. The molecular formula is C17H19NO2. The fourth-order valence-electron chi connectivity index (χ4n) is 2.06. The van der Waals surface area contributed by atoms with Gasteiger partial charge in [-0.3, -0.25) is 4.79 Å². The third kappa shape index (κ3) is 3.45. The Morgan fingerprint density at radius 2 is 1.85 bits per heavy atom. The number of hydrogen-bond acceptors (Lipinski definition) is 2. The van der Waals surface area contributed by atoms with Crippen LogP contribution in [0.1, 0.15) is 33.2 Å². The molecule has 3 nitrogen and oxygen atoms in total. The van der Waals surface area contributed by atoms with Gasteiger partial charge in [-0.15, -0.1) is 0 Å². The molecule has 1 amide bonds. The number of aryl methyl sites for hydroxylation is 2. The molecule has 20 heavy (non-hydrogen) atoms. The molecule has 3 heteroatoms. The summed E-state index contributed by atoms with van der Waals surface area (Å²) in [7, 11) is 0. The minimum Gasteiger partial charge on any atom is -0.387 e. The zero-order chi connectivity index (χ0) is 14.5. The number of aliphatic hydroxyl groups excluding tert-OH is 1. The predicted molar refractivity (Wildman–Crippen MR) is 79.7 cm³/mol. The number of hydrogen-bond donors (Lipinski definition) is 2. The van der Waals surface area contributed by atoms with Gasteiger partial charge in [0, 0.05) is 12.1 Å². The highest BCUT2D eigenvalue weighted by Crippen LogP contribution is 2.13. The fourth-order valence-corrected chi connectivity index (χ4v) is 2.06. The van der Waals surface area contributed by atoms with Gasteiger partial charge >= 0.3 is 0 Å². The summed E-state index contributed by atoms with van der Waals surface area (Å²) in [5.74, 6) is -0.152. The molecule has 2 aromatic carbocycles. The molecule has 104 valence electrons. The summed E-state index contributed by atoms with van der Waals surface area (Å²) in [6.07, 6.45) is -0.690. The summed E-state index contributed by atoms with van der Waals surface area (Å²) in [5.41, 5.74) is 3.44. The molecule has 0 fully saturated rings. The first-order valence-corrected chi connectivity index (χ1v) is 6.66. The highest BCUT2D eigenvalue weighted by molar-refractivity contribution is 5.95. The Morgan fingerprint density at radius 3 is 2.55 bits per heavy atom. The summed E-state index contributed by atoms with van der Waals surface area (Å²) < 4.78 is 0. The van der Waals surface area contributed by atoms with Crippen LogP contribution in [0.3, 0.4) is 0 Å². The van der Waals surface area contributed by atoms with E-state index in [0.29, 0.717) is 5.56 Å². The smallest absolute Gasteiger partial charge is 0.251 e. The van der Waals surface area contributed by atoms with Crippen molar-refractivity contribution in [2.24, 2.45) is 0 Å². The Balaban J connectivity index is 2.00. The predicted octanol–water partition coefficient (Wildman–Crippen LogP) is 2.77. The van der Waals surface area contributed by atoms with E-state index < -0.39 is 6.10 Å². The summed E-state index contributed by atoms with van der Waals surface area (Å²) in [5, 5.41) is 12.8. The first-order chi connectivity index (χ1) is 9.58. The maximum absolute atomic E-state index is 12.1. The van der Waals surface area contributed by atoms with Gasteiger partial charge in [0.2, 0.25) is 0 Å². The van der Waals surface area contributed by atoms with Gasteiger partial charge in [0.15, 0.2) is 0 Å². The Hall–Kier alpha value is -2.13. The normalized spacial score (nSPS) is 11.9. The van der Waals surface area contributed by atoms with E-state index in [0.717, 1.165) is 16.7 Å². The fraction of sp³-hybridized carbons (Fsp3) is 0.235. The lowest BCUT2D eigenvalue weighted by Gasteiger charge is -2.13. The molecule has 2 rings (SSSR count). The van der Waals surface area contributed by atoms with Gasteiger partial charge < -0.3 is 10.4 Å². The third-order valence-corrected chi connectivity index (χ3v) is 3.28. The average molecular weight is 269 g/mol. The molecular weight excluding hydrogens is 250 g/mol. The lowest BCUT2D eigenvalue weighted by molar-refractivity contribution is 0.0915. The lowest BCUT2D eigenvalue weighted by Crippen LogP contribution is -2.29. The number of benzene rings is 2. The molecule has 1 atom stereocenters. The number of amides is 1. The van der Waals surface area contributed by atoms with Crippen LogP contribution in [0.2, 0.25) is 0 Å². The Morgan fingerprint density at radius 1 is 1.15 bits per heavy atom. The van der Waals surface area contributed by atoms with E-state index >= 15 is 0 Å². The second kappa shape index (κ2) is 6.35. The van der Waals surface area contributed by atoms with Crippen LogP contribution in [0.4, 0.5) is 0 Å². The van der Waals surface area contributed by atoms with Crippen molar-refractivity contribution in [2.45, 2.75) is 20.0 Å². The minimum atomic E-state index is -0.690. The van der Waals surface area contributed by atoms with Crippen LogP contribution >= 0.6 is 0 Å². The first-order valence-electron chi connectivity index (χ1n) is 6.66. The van der Waals surface area contributed by atoms with Gasteiger partial charge in [0.1, 0.15) is 0 Å². The molecule has 0 heterocycles. The van der Waals surface area contributed by atoms with Crippen LogP contribution in [0.15, 0.2) is 48.5 Å². The average Bonchev–Trinajstić information content (AvgIpc) is 2.47. The lowest BCUT2D eigenvalue weighted by atomic mass is 10.0. The standard InChI is InChI=1S/C17H19NO2/c1-12-8-9-13(2)15(10-12)17(20)18-11-16(19)14-6-4-3-5-7-14/h3-10,16,19H,11H2,1-2H3,(H,18,20)/t16-/m0/s1. The second-order valence-corrected chi connectivity index (χ2v) is 4.95. The molecule has 0 aromatic heterocycles. The topological polar surface area (TPSA) is 49.3 Å². The quantitative estimate of drug-likeness (QED) is 0.896. The van der Waals surface area contributed by atoms with E-state index in [-0.39, 0.29) is 12.5 Å². The second-order valence-electron chi connectivity index (χ2n) is 4.95. The SMILES string of the molecule is Cc1ccc(C)c(C(=O)NC[C@H](O)c2ccccc2)c1. The first kappa shape index (κ1) is 14.3. The highest BCUT2D eigenvalue weighted by atomic mass is 16.3. The van der Waals surface area contributed by atoms with Crippen molar-refractivity contribution < 1.29 is 9.90 Å².